The quantitative estimate of drug-likeness (QED) is 0.240. The number of nitrogens with one attached hydrogen (secondary N) is 1. The fourth-order valence-corrected chi connectivity index (χ4v) is 6.94. The monoisotopic (exact) mass is 615 g/mol. The first kappa shape index (κ1) is 28.4. The van der Waals surface area contributed by atoms with E-state index in [1.54, 1.807) is 27.3 Å². The van der Waals surface area contributed by atoms with Crippen molar-refractivity contribution in [3.05, 3.63) is 87.9 Å². The average molecular weight is 616 g/mol. The van der Waals surface area contributed by atoms with Gasteiger partial charge in [0.1, 0.15) is 28.4 Å². The van der Waals surface area contributed by atoms with Crippen molar-refractivity contribution in [3.8, 4) is 28.1 Å². The number of nitrogens with zero attached hydrogens (tertiary/aromatic N) is 5. The molecule has 0 radical (unpaired) electrons. The Morgan fingerprint density at radius 2 is 1.86 bits per heavy atom. The van der Waals surface area contributed by atoms with Gasteiger partial charge in [-0.1, -0.05) is 37.3 Å². The molecule has 0 saturated carbocycles. The molecule has 6 aromatic rings. The summed E-state index contributed by atoms with van der Waals surface area (Å²) in [5, 5.41) is 7.51. The van der Waals surface area contributed by atoms with Gasteiger partial charge in [0.2, 0.25) is 10.0 Å². The number of aromatic nitrogens is 5. The fraction of sp³-hybridized carbons (Fsp3) is 0.200. The van der Waals surface area contributed by atoms with Crippen LogP contribution in [0, 0.1) is 6.92 Å². The van der Waals surface area contributed by atoms with E-state index >= 15 is 0 Å². The third-order valence-electron chi connectivity index (χ3n) is 7.30. The molecule has 0 bridgehead atoms. The third kappa shape index (κ3) is 5.00. The van der Waals surface area contributed by atoms with Gasteiger partial charge in [0.05, 0.1) is 36.0 Å². The summed E-state index contributed by atoms with van der Waals surface area (Å²) in [6, 6.07) is 16.3. The van der Waals surface area contributed by atoms with Crippen LogP contribution in [-0.2, 0) is 10.0 Å². The summed E-state index contributed by atoms with van der Waals surface area (Å²) in [7, 11) is -2.13. The zero-order valence-corrected chi connectivity index (χ0v) is 25.5. The topological polar surface area (TPSA) is 146 Å². The smallest absolute Gasteiger partial charge is 0.264 e. The van der Waals surface area contributed by atoms with E-state index in [-0.39, 0.29) is 17.1 Å². The van der Waals surface area contributed by atoms with Gasteiger partial charge in [0.15, 0.2) is 5.65 Å². The number of anilines is 2. The molecule has 0 aliphatic rings. The molecule has 0 aliphatic carbocycles. The number of rotatable bonds is 8. The number of hydrogen-bond donors (Lipinski definition) is 2. The summed E-state index contributed by atoms with van der Waals surface area (Å²) >= 11 is 1.51. The van der Waals surface area contributed by atoms with Gasteiger partial charge < -0.3 is 10.5 Å². The van der Waals surface area contributed by atoms with Gasteiger partial charge in [-0.2, -0.15) is 5.10 Å². The second kappa shape index (κ2) is 10.8. The number of methoxy groups -OCH3 is 1. The van der Waals surface area contributed by atoms with E-state index in [9.17, 15) is 13.2 Å². The predicted molar refractivity (Wildman–Crippen MR) is 170 cm³/mol. The second-order valence-electron chi connectivity index (χ2n) is 10.2. The molecule has 2 aromatic carbocycles. The van der Waals surface area contributed by atoms with E-state index in [0.717, 1.165) is 27.9 Å². The molecule has 0 fully saturated rings. The highest BCUT2D eigenvalue weighted by Crippen LogP contribution is 2.39. The Balaban J connectivity index is 1.62. The molecule has 3 N–H and O–H groups in total. The van der Waals surface area contributed by atoms with Crippen molar-refractivity contribution in [3.63, 3.8) is 0 Å². The second-order valence-corrected chi connectivity index (χ2v) is 12.8. The Labute approximate surface area is 251 Å². The first-order valence-electron chi connectivity index (χ1n) is 13.4. The van der Waals surface area contributed by atoms with Gasteiger partial charge in [-0.25, -0.2) is 23.1 Å². The Bertz CT molecular complexity index is 2170. The van der Waals surface area contributed by atoms with E-state index in [0.29, 0.717) is 40.0 Å². The summed E-state index contributed by atoms with van der Waals surface area (Å²) in [6.45, 7) is 3.95. The van der Waals surface area contributed by atoms with Crippen molar-refractivity contribution in [1.29, 1.82) is 0 Å². The van der Waals surface area contributed by atoms with Crippen LogP contribution in [0.3, 0.4) is 0 Å². The maximum absolute atomic E-state index is 14.1. The molecule has 11 nitrogen and oxygen atoms in total. The maximum Gasteiger partial charge on any atom is 0.264 e. The van der Waals surface area contributed by atoms with Crippen molar-refractivity contribution >= 4 is 48.7 Å². The zero-order chi connectivity index (χ0) is 30.5. The van der Waals surface area contributed by atoms with Crippen molar-refractivity contribution in [2.45, 2.75) is 26.3 Å². The van der Waals surface area contributed by atoms with Crippen LogP contribution in [-0.4, -0.2) is 45.9 Å². The largest absolute Gasteiger partial charge is 0.495 e. The van der Waals surface area contributed by atoms with E-state index in [1.165, 1.54) is 24.8 Å². The lowest BCUT2D eigenvalue weighted by Gasteiger charge is -2.21. The third-order valence-corrected chi connectivity index (χ3v) is 8.89. The van der Waals surface area contributed by atoms with Crippen LogP contribution in [0.1, 0.15) is 30.6 Å². The Kier molecular flexibility index (Phi) is 7.14. The van der Waals surface area contributed by atoms with Gasteiger partial charge in [-0.15, -0.1) is 11.3 Å². The molecule has 13 heteroatoms. The Morgan fingerprint density at radius 3 is 2.56 bits per heavy atom. The number of hydrogen-bond acceptors (Lipinski definition) is 9. The summed E-state index contributed by atoms with van der Waals surface area (Å²) < 4.78 is 35.6. The number of thiazole rings is 1. The molecule has 0 amide bonds. The highest BCUT2D eigenvalue weighted by Gasteiger charge is 2.27. The van der Waals surface area contributed by atoms with E-state index in [2.05, 4.69) is 20.8 Å². The number of nitrogen functional groups attached to an aromatic ring is 1. The van der Waals surface area contributed by atoms with Gasteiger partial charge in [0, 0.05) is 16.6 Å². The first-order chi connectivity index (χ1) is 20.6. The highest BCUT2D eigenvalue weighted by molar-refractivity contribution is 7.92. The van der Waals surface area contributed by atoms with E-state index < -0.39 is 16.1 Å². The summed E-state index contributed by atoms with van der Waals surface area (Å²) in [5.41, 5.74) is 11.2. The Hall–Kier alpha value is -4.75. The van der Waals surface area contributed by atoms with Gasteiger partial charge in [0.25, 0.3) is 5.56 Å². The van der Waals surface area contributed by atoms with Crippen LogP contribution < -0.4 is 20.8 Å². The van der Waals surface area contributed by atoms with Crippen LogP contribution >= 0.6 is 11.3 Å². The van der Waals surface area contributed by atoms with Gasteiger partial charge >= 0.3 is 0 Å². The minimum Gasteiger partial charge on any atom is -0.495 e. The molecule has 1 atom stereocenters. The fourth-order valence-electron chi connectivity index (χ4n) is 5.46. The van der Waals surface area contributed by atoms with Crippen LogP contribution in [0.2, 0.25) is 0 Å². The van der Waals surface area contributed by atoms with Crippen LogP contribution in [0.4, 0.5) is 11.5 Å². The van der Waals surface area contributed by atoms with Crippen molar-refractivity contribution in [1.82, 2.24) is 24.1 Å². The van der Waals surface area contributed by atoms with Crippen molar-refractivity contribution in [2.75, 3.05) is 23.8 Å². The Morgan fingerprint density at radius 1 is 1.09 bits per heavy atom. The number of pyridine rings is 1. The van der Waals surface area contributed by atoms with Gasteiger partial charge in [-0.3, -0.25) is 13.9 Å². The molecule has 43 heavy (non-hydrogen) atoms. The minimum atomic E-state index is -3.59. The minimum absolute atomic E-state index is 0.103. The highest BCUT2D eigenvalue weighted by atomic mass is 32.2. The molecule has 6 rings (SSSR count). The first-order valence-corrected chi connectivity index (χ1v) is 16.2. The van der Waals surface area contributed by atoms with Crippen molar-refractivity contribution in [2.24, 2.45) is 0 Å². The molecule has 4 aromatic heterocycles. The molecule has 1 unspecified atom stereocenters. The molecule has 4 heterocycles. The standard InChI is InChI=1S/C30H29N7O4S2/c1-5-22(20-14-24-36(17(2)15-42-24)30(38)25(20)18-9-7-6-8-10-18)37-29-26(28(31)32-16-33-29)27(34-37)19-11-12-23(41-3)21(13-19)35-43(4,39)40/h6-16,22,35H,5H2,1-4H3,(H2,31,32,33). The van der Waals surface area contributed by atoms with E-state index in [4.69, 9.17) is 15.6 Å². The molecule has 0 aliphatic heterocycles. The number of benzene rings is 2. The summed E-state index contributed by atoms with van der Waals surface area (Å²) in [5.74, 6) is 0.573. The van der Waals surface area contributed by atoms with Crippen LogP contribution in [0.15, 0.2) is 71.1 Å². The lowest BCUT2D eigenvalue weighted by Crippen LogP contribution is -2.22. The number of sulfonamides is 1. The zero-order valence-electron chi connectivity index (χ0n) is 23.9. The summed E-state index contributed by atoms with van der Waals surface area (Å²) in [4.78, 5) is 23.7. The lowest BCUT2D eigenvalue weighted by atomic mass is 9.95. The predicted octanol–water partition coefficient (Wildman–Crippen LogP) is 5.10. The SMILES string of the molecule is CCC(c1cc2scc(C)n2c(=O)c1-c1ccccc1)n1nc(-c2ccc(OC)c(NS(C)(=O)=O)c2)c2c(N)ncnc21. The number of fused-ring (bicyclic) bond motifs is 2. The lowest BCUT2D eigenvalue weighted by molar-refractivity contribution is 0.417. The molecular weight excluding hydrogens is 587 g/mol. The average Bonchev–Trinajstić information content (AvgIpc) is 3.55. The molecule has 220 valence electrons. The number of ether oxygens (including phenoxy) is 1. The molecular formula is C30H29N7O4S2. The van der Waals surface area contributed by atoms with Gasteiger partial charge in [-0.05, 0) is 48.7 Å². The maximum atomic E-state index is 14.1. The van der Waals surface area contributed by atoms with Crippen LogP contribution in [0.5, 0.6) is 5.75 Å². The number of nitrogens with two attached hydrogens (primary N) is 1. The number of aryl methyl sites for hydroxylation is 1. The summed E-state index contributed by atoms with van der Waals surface area (Å²) in [6.07, 6.45) is 3.04. The molecule has 0 spiro atoms. The van der Waals surface area contributed by atoms with Crippen LogP contribution in [0.25, 0.3) is 38.2 Å². The van der Waals surface area contributed by atoms with Crippen molar-refractivity contribution < 1.29 is 13.2 Å². The normalized spacial score (nSPS) is 12.6. The molecule has 0 saturated heterocycles. The van der Waals surface area contributed by atoms with E-state index in [1.807, 2.05) is 49.6 Å².